The lowest BCUT2D eigenvalue weighted by atomic mass is 9.82. The minimum atomic E-state index is -3.57. The maximum Gasteiger partial charge on any atom is 0.305 e. The molecule has 3 amide bonds. The first-order valence-electron chi connectivity index (χ1n) is 18.3. The number of unbranched alkanes of at least 4 members (excludes halogenated alkanes) is 1. The van der Waals surface area contributed by atoms with Gasteiger partial charge in [-0.3, -0.25) is 19.2 Å². The minimum absolute atomic E-state index is 0.110. The van der Waals surface area contributed by atoms with Gasteiger partial charge in [-0.15, -0.1) is 0 Å². The van der Waals surface area contributed by atoms with Gasteiger partial charge in [0.25, 0.3) is 5.91 Å². The highest BCUT2D eigenvalue weighted by molar-refractivity contribution is 6.72. The lowest BCUT2D eigenvalue weighted by Crippen LogP contribution is -2.48. The van der Waals surface area contributed by atoms with E-state index in [1.165, 1.54) is 7.11 Å². The Morgan fingerprint density at radius 1 is 1.16 bits per heavy atom. The number of halogens is 1. The Kier molecular flexibility index (Phi) is 11.0. The van der Waals surface area contributed by atoms with Crippen molar-refractivity contribution in [3.8, 4) is 0 Å². The van der Waals surface area contributed by atoms with E-state index in [1.807, 2.05) is 31.2 Å². The van der Waals surface area contributed by atoms with Crippen LogP contribution in [0.4, 0.5) is 15.5 Å². The summed E-state index contributed by atoms with van der Waals surface area (Å²) >= 11 is 0. The third-order valence-electron chi connectivity index (χ3n) is 11.4. The molecule has 0 bridgehead atoms. The number of hydrogen-bond acceptors (Lipinski definition) is 8. The molecule has 276 valence electrons. The van der Waals surface area contributed by atoms with Crippen molar-refractivity contribution in [3.05, 3.63) is 59.2 Å². The number of esters is 1. The monoisotopic (exact) mass is 722 g/mol. The highest BCUT2D eigenvalue weighted by atomic mass is 28.4. The molecular weight excluding hydrogens is 672 g/mol. The lowest BCUT2D eigenvalue weighted by molar-refractivity contribution is -0.151. The number of rotatable bonds is 11. The third kappa shape index (κ3) is 7.22. The number of fused-ring (bicyclic) bond motifs is 3. The topological polar surface area (TPSA) is 138 Å². The molecule has 4 heterocycles. The van der Waals surface area contributed by atoms with Gasteiger partial charge >= 0.3 is 5.97 Å². The normalized spacial score (nSPS) is 27.3. The number of piperidine rings is 1. The lowest BCUT2D eigenvalue weighted by Gasteiger charge is -2.37. The van der Waals surface area contributed by atoms with Crippen LogP contribution in [0.3, 0.4) is 0 Å². The molecule has 1 unspecified atom stereocenters. The van der Waals surface area contributed by atoms with E-state index in [9.17, 15) is 24.3 Å². The van der Waals surface area contributed by atoms with Crippen molar-refractivity contribution in [1.82, 2.24) is 10.2 Å². The Bertz CT molecular complexity index is 1650. The molecule has 4 aliphatic heterocycles. The van der Waals surface area contributed by atoms with Crippen molar-refractivity contribution in [1.29, 1.82) is 0 Å². The quantitative estimate of drug-likeness (QED) is 0.134. The number of aliphatic hydroxyl groups excluding tert-OH is 1. The van der Waals surface area contributed by atoms with E-state index in [0.717, 1.165) is 30.5 Å². The van der Waals surface area contributed by atoms with Gasteiger partial charge in [0.2, 0.25) is 20.2 Å². The van der Waals surface area contributed by atoms with E-state index in [1.54, 1.807) is 41.1 Å². The molecule has 0 aliphatic carbocycles. The van der Waals surface area contributed by atoms with Crippen molar-refractivity contribution in [2.24, 2.45) is 11.8 Å². The first-order chi connectivity index (χ1) is 24.4. The molecule has 0 radical (unpaired) electrons. The number of nitrogens with one attached hydrogen (secondary N) is 2. The molecule has 13 heteroatoms. The van der Waals surface area contributed by atoms with Crippen LogP contribution < -0.4 is 15.5 Å². The maximum atomic E-state index is 16.5. The summed E-state index contributed by atoms with van der Waals surface area (Å²) in [4.78, 5) is 57.3. The Balaban J connectivity index is 1.32. The smallest absolute Gasteiger partial charge is 0.305 e. The fraction of sp³-hybridized carbons (Fsp3) is 0.579. The Morgan fingerprint density at radius 3 is 2.61 bits per heavy atom. The number of benzene rings is 2. The Hall–Kier alpha value is -3.65. The maximum absolute atomic E-state index is 16.5. The zero-order chi connectivity index (χ0) is 36.5. The van der Waals surface area contributed by atoms with Crippen molar-refractivity contribution in [2.45, 2.75) is 94.8 Å². The van der Waals surface area contributed by atoms with Gasteiger partial charge in [0.15, 0.2) is 5.60 Å². The van der Waals surface area contributed by atoms with Crippen LogP contribution in [0.5, 0.6) is 0 Å². The number of anilines is 2. The number of ether oxygens (including phenoxy) is 2. The molecule has 4 aliphatic rings. The van der Waals surface area contributed by atoms with E-state index in [4.69, 9.17) is 9.47 Å². The van der Waals surface area contributed by atoms with Gasteiger partial charge in [-0.2, -0.15) is 0 Å². The number of nitrogens with zero attached hydrogens (tertiary/aromatic N) is 2. The second-order valence-corrected chi connectivity index (χ2v) is 18.9. The Labute approximate surface area is 300 Å². The molecule has 6 atom stereocenters. The van der Waals surface area contributed by atoms with Gasteiger partial charge in [0.1, 0.15) is 0 Å². The first kappa shape index (κ1) is 37.1. The summed E-state index contributed by atoms with van der Waals surface area (Å²) < 4.78 is 28.2. The predicted octanol–water partition coefficient (Wildman–Crippen LogP) is 4.43. The number of hydrogen-bond donors (Lipinski definition) is 3. The van der Waals surface area contributed by atoms with Gasteiger partial charge in [0, 0.05) is 48.8 Å². The van der Waals surface area contributed by atoms with E-state index >= 15 is 4.11 Å². The Morgan fingerprint density at radius 2 is 1.92 bits per heavy atom. The van der Waals surface area contributed by atoms with E-state index in [2.05, 4.69) is 10.6 Å². The highest BCUT2D eigenvalue weighted by Gasteiger charge is 2.67. The summed E-state index contributed by atoms with van der Waals surface area (Å²) in [6.45, 7) is 6.93. The van der Waals surface area contributed by atoms with Crippen LogP contribution >= 0.6 is 0 Å². The summed E-state index contributed by atoms with van der Waals surface area (Å²) in [5.74, 6) is -1.83. The number of amides is 3. The minimum Gasteiger partial charge on any atom is -0.469 e. The van der Waals surface area contributed by atoms with E-state index in [0.29, 0.717) is 55.8 Å². The average molecular weight is 723 g/mol. The second-order valence-electron chi connectivity index (χ2n) is 15.1. The van der Waals surface area contributed by atoms with Crippen LogP contribution in [-0.2, 0) is 47.2 Å². The molecule has 2 saturated heterocycles. The van der Waals surface area contributed by atoms with E-state index in [-0.39, 0.29) is 49.1 Å². The standard InChI is InChI=1S/C38H51FN4O7Si/c1-24-35(51(3,4)39)32(20-33(45)43-22-27-11-6-5-10-25(27)18-29(43)23-44)50-38(24)30-19-28(41-36(47)26-12-9-16-40-21-26)14-15-31(30)42(37(38)48)17-8-7-13-34(46)49-2/h5-6,10-11,14-15,19,24,26,29,32,35,40,44H,7-9,12-13,16-18,20-23H2,1-4H3,(H,41,47)/t24-,26?,29-,32+,35-,38+/m0/s1. The fourth-order valence-corrected chi connectivity index (χ4v) is 11.3. The fourth-order valence-electron chi connectivity index (χ4n) is 8.84. The van der Waals surface area contributed by atoms with Crippen molar-refractivity contribution >= 4 is 43.5 Å². The van der Waals surface area contributed by atoms with Crippen LogP contribution in [-0.4, -0.2) is 87.6 Å². The zero-order valence-corrected chi connectivity index (χ0v) is 31.1. The van der Waals surface area contributed by atoms with Crippen molar-refractivity contribution < 1.29 is 37.9 Å². The van der Waals surface area contributed by atoms with Crippen LogP contribution in [0, 0.1) is 11.8 Å². The zero-order valence-electron chi connectivity index (χ0n) is 30.1. The summed E-state index contributed by atoms with van der Waals surface area (Å²) in [5, 5.41) is 16.6. The molecule has 6 rings (SSSR count). The SMILES string of the molecule is COC(=O)CCCCN1C(=O)[C@]2(O[C@H](CC(=O)N3Cc4ccccc4C[C@H]3CO)[C@@H]([Si](C)(C)F)[C@@H]2C)c2cc(NC(=O)C3CCCNC3)ccc21. The molecule has 11 nitrogen and oxygen atoms in total. The molecule has 2 aromatic rings. The molecule has 3 N–H and O–H groups in total. The second kappa shape index (κ2) is 15.1. The van der Waals surface area contributed by atoms with Gasteiger partial charge in [-0.25, -0.2) is 0 Å². The number of carbonyl (C=O) groups excluding carboxylic acids is 4. The summed E-state index contributed by atoms with van der Waals surface area (Å²) in [7, 11) is -2.23. The molecule has 51 heavy (non-hydrogen) atoms. The molecule has 0 saturated carbocycles. The first-order valence-corrected chi connectivity index (χ1v) is 21.2. The molecule has 2 fully saturated rings. The van der Waals surface area contributed by atoms with Crippen LogP contribution in [0.1, 0.15) is 62.1 Å². The van der Waals surface area contributed by atoms with Gasteiger partial charge in [0.05, 0.1) is 43.9 Å². The summed E-state index contributed by atoms with van der Waals surface area (Å²) in [6.07, 6.45) is 2.41. The van der Waals surface area contributed by atoms with Crippen molar-refractivity contribution in [3.63, 3.8) is 0 Å². The van der Waals surface area contributed by atoms with Gasteiger partial charge in [-0.1, -0.05) is 31.2 Å². The summed E-state index contributed by atoms with van der Waals surface area (Å²) in [5.41, 5.74) is 1.49. The van der Waals surface area contributed by atoms with Gasteiger partial charge < -0.3 is 39.1 Å². The number of carbonyl (C=O) groups is 4. The third-order valence-corrected chi connectivity index (χ3v) is 13.9. The summed E-state index contributed by atoms with van der Waals surface area (Å²) in [6, 6.07) is 12.8. The highest BCUT2D eigenvalue weighted by Crippen LogP contribution is 2.60. The molecule has 1 spiro atoms. The van der Waals surface area contributed by atoms with Crippen LogP contribution in [0.2, 0.25) is 18.6 Å². The molecule has 2 aromatic carbocycles. The average Bonchev–Trinajstić information content (AvgIpc) is 3.55. The number of aliphatic hydroxyl groups is 1. The van der Waals surface area contributed by atoms with Crippen LogP contribution in [0.15, 0.2) is 42.5 Å². The number of methoxy groups -OCH3 is 1. The van der Waals surface area contributed by atoms with E-state index < -0.39 is 37.6 Å². The van der Waals surface area contributed by atoms with Crippen molar-refractivity contribution in [2.75, 3.05) is 43.6 Å². The largest absolute Gasteiger partial charge is 0.469 e. The van der Waals surface area contributed by atoms with Crippen LogP contribution in [0.25, 0.3) is 0 Å². The molecular formula is C38H51FN4O7Si. The van der Waals surface area contributed by atoms with Gasteiger partial charge in [-0.05, 0) is 81.1 Å². The molecule has 0 aromatic heterocycles. The predicted molar refractivity (Wildman–Crippen MR) is 193 cm³/mol.